The van der Waals surface area contributed by atoms with Gasteiger partial charge in [0.15, 0.2) is 5.78 Å². The van der Waals surface area contributed by atoms with Crippen molar-refractivity contribution in [3.05, 3.63) is 46.4 Å². The van der Waals surface area contributed by atoms with Crippen molar-refractivity contribution in [2.24, 2.45) is 0 Å². The Labute approximate surface area is 111 Å². The van der Waals surface area contributed by atoms with Crippen LogP contribution in [0, 0.1) is 0 Å². The van der Waals surface area contributed by atoms with Crippen LogP contribution >= 0.6 is 11.8 Å². The lowest BCUT2D eigenvalue weighted by molar-refractivity contribution is -0.118. The molecule has 0 saturated heterocycles. The van der Waals surface area contributed by atoms with Crippen molar-refractivity contribution in [1.82, 2.24) is 0 Å². The van der Waals surface area contributed by atoms with Crippen molar-refractivity contribution in [3.63, 3.8) is 0 Å². The molecular formula is C15H16O2S. The first kappa shape index (κ1) is 13.1. The molecule has 0 amide bonds. The third-order valence-corrected chi connectivity index (χ3v) is 4.31. The van der Waals surface area contributed by atoms with Crippen LogP contribution in [0.3, 0.4) is 0 Å². The Morgan fingerprint density at radius 3 is 2.39 bits per heavy atom. The highest BCUT2D eigenvalue weighted by Gasteiger charge is 2.17. The molecule has 1 atom stereocenters. The molecule has 2 rings (SSSR count). The zero-order valence-corrected chi connectivity index (χ0v) is 11.4. The van der Waals surface area contributed by atoms with Crippen molar-refractivity contribution < 1.29 is 9.59 Å². The fraction of sp³-hybridized carbons (Fsp3) is 0.333. The second-order valence-electron chi connectivity index (χ2n) is 4.49. The zero-order chi connectivity index (χ0) is 13.1. The van der Waals surface area contributed by atoms with Gasteiger partial charge in [0.2, 0.25) is 0 Å². The SMILES string of the molecule is CC(=O)C(C)c1ccc(C(=O)C2=CCCS2)cc1. The molecule has 3 heteroatoms. The first-order chi connectivity index (χ1) is 8.59. The molecule has 1 unspecified atom stereocenters. The highest BCUT2D eigenvalue weighted by atomic mass is 32.2. The lowest BCUT2D eigenvalue weighted by atomic mass is 9.96. The molecule has 0 aromatic heterocycles. The van der Waals surface area contributed by atoms with Crippen molar-refractivity contribution in [1.29, 1.82) is 0 Å². The van der Waals surface area contributed by atoms with Crippen LogP contribution in [0.1, 0.15) is 42.1 Å². The monoisotopic (exact) mass is 260 g/mol. The van der Waals surface area contributed by atoms with E-state index in [1.54, 1.807) is 18.7 Å². The molecule has 1 heterocycles. The van der Waals surface area contributed by atoms with Crippen molar-refractivity contribution in [3.8, 4) is 0 Å². The number of hydrogen-bond donors (Lipinski definition) is 0. The average Bonchev–Trinajstić information content (AvgIpc) is 2.91. The van der Waals surface area contributed by atoms with Crippen LogP contribution in [0.4, 0.5) is 0 Å². The van der Waals surface area contributed by atoms with E-state index in [-0.39, 0.29) is 17.5 Å². The van der Waals surface area contributed by atoms with Crippen LogP contribution in [-0.2, 0) is 4.79 Å². The van der Waals surface area contributed by atoms with Gasteiger partial charge in [0.25, 0.3) is 0 Å². The number of Topliss-reactive ketones (excluding diaryl/α,β-unsaturated/α-hetero) is 2. The summed E-state index contributed by atoms with van der Waals surface area (Å²) in [5.41, 5.74) is 1.67. The molecule has 0 radical (unpaired) electrons. The highest BCUT2D eigenvalue weighted by Crippen LogP contribution is 2.28. The van der Waals surface area contributed by atoms with E-state index in [4.69, 9.17) is 0 Å². The zero-order valence-electron chi connectivity index (χ0n) is 10.6. The van der Waals surface area contributed by atoms with Crippen molar-refractivity contribution >= 4 is 23.3 Å². The quantitative estimate of drug-likeness (QED) is 0.776. The molecule has 1 aliphatic heterocycles. The number of allylic oxidation sites excluding steroid dienone is 2. The summed E-state index contributed by atoms with van der Waals surface area (Å²) in [6, 6.07) is 7.38. The molecule has 0 spiro atoms. The number of rotatable bonds is 4. The van der Waals surface area contributed by atoms with Gasteiger partial charge in [-0.3, -0.25) is 9.59 Å². The Morgan fingerprint density at radius 2 is 1.89 bits per heavy atom. The number of ketones is 2. The summed E-state index contributed by atoms with van der Waals surface area (Å²) in [6.07, 6.45) is 2.98. The Balaban J connectivity index is 2.17. The summed E-state index contributed by atoms with van der Waals surface area (Å²) >= 11 is 1.62. The van der Waals surface area contributed by atoms with Gasteiger partial charge in [0, 0.05) is 17.2 Å². The molecule has 0 N–H and O–H groups in total. The minimum absolute atomic E-state index is 0.0968. The number of hydrogen-bond acceptors (Lipinski definition) is 3. The number of benzene rings is 1. The van der Waals surface area contributed by atoms with Gasteiger partial charge in [-0.1, -0.05) is 37.3 Å². The molecule has 1 aromatic rings. The summed E-state index contributed by atoms with van der Waals surface area (Å²) in [5.74, 6) is 1.14. The minimum atomic E-state index is -0.103. The van der Waals surface area contributed by atoms with E-state index in [0.29, 0.717) is 5.56 Å². The molecule has 2 nitrogen and oxygen atoms in total. The normalized spacial score (nSPS) is 16.2. The van der Waals surface area contributed by atoms with Gasteiger partial charge in [0.05, 0.1) is 4.91 Å². The first-order valence-corrected chi connectivity index (χ1v) is 7.06. The predicted molar refractivity (Wildman–Crippen MR) is 75.0 cm³/mol. The van der Waals surface area contributed by atoms with E-state index >= 15 is 0 Å². The Kier molecular flexibility index (Phi) is 4.02. The van der Waals surface area contributed by atoms with Crippen LogP contribution < -0.4 is 0 Å². The molecule has 18 heavy (non-hydrogen) atoms. The average molecular weight is 260 g/mol. The molecule has 1 aromatic carbocycles. The maximum Gasteiger partial charge on any atom is 0.199 e. The topological polar surface area (TPSA) is 34.1 Å². The second kappa shape index (κ2) is 5.53. The van der Waals surface area contributed by atoms with Gasteiger partial charge in [-0.2, -0.15) is 0 Å². The molecule has 0 bridgehead atoms. The molecule has 0 saturated carbocycles. The Bertz CT molecular complexity index is 500. The van der Waals surface area contributed by atoms with Crippen LogP contribution in [0.5, 0.6) is 0 Å². The highest BCUT2D eigenvalue weighted by molar-refractivity contribution is 8.04. The van der Waals surface area contributed by atoms with Crippen LogP contribution in [0.25, 0.3) is 0 Å². The first-order valence-electron chi connectivity index (χ1n) is 6.07. The Morgan fingerprint density at radius 1 is 1.22 bits per heavy atom. The molecular weight excluding hydrogens is 244 g/mol. The smallest absolute Gasteiger partial charge is 0.199 e. The number of thioether (sulfide) groups is 1. The summed E-state index contributed by atoms with van der Waals surface area (Å²) in [6.45, 7) is 3.47. The third kappa shape index (κ3) is 2.72. The lowest BCUT2D eigenvalue weighted by Gasteiger charge is -2.08. The second-order valence-corrected chi connectivity index (χ2v) is 5.63. The van der Waals surface area contributed by atoms with E-state index < -0.39 is 0 Å². The van der Waals surface area contributed by atoms with Gasteiger partial charge in [-0.15, -0.1) is 11.8 Å². The lowest BCUT2D eigenvalue weighted by Crippen LogP contribution is -2.05. The van der Waals surface area contributed by atoms with Gasteiger partial charge in [-0.05, 0) is 18.9 Å². The van der Waals surface area contributed by atoms with Crippen LogP contribution in [-0.4, -0.2) is 17.3 Å². The molecule has 0 aliphatic carbocycles. The van der Waals surface area contributed by atoms with E-state index in [9.17, 15) is 9.59 Å². The standard InChI is InChI=1S/C15H16O2S/c1-10(11(2)16)12-5-7-13(8-6-12)15(17)14-4-3-9-18-14/h4-8,10H,3,9H2,1-2H3. The summed E-state index contributed by atoms with van der Waals surface area (Å²) in [5, 5.41) is 0. The van der Waals surface area contributed by atoms with Crippen LogP contribution in [0.2, 0.25) is 0 Å². The largest absolute Gasteiger partial charge is 0.299 e. The van der Waals surface area contributed by atoms with E-state index in [0.717, 1.165) is 22.6 Å². The summed E-state index contributed by atoms with van der Waals surface area (Å²) < 4.78 is 0. The van der Waals surface area contributed by atoms with Gasteiger partial charge in [0.1, 0.15) is 5.78 Å². The maximum absolute atomic E-state index is 12.1. The summed E-state index contributed by atoms with van der Waals surface area (Å²) in [4.78, 5) is 24.2. The van der Waals surface area contributed by atoms with Gasteiger partial charge in [-0.25, -0.2) is 0 Å². The number of carbonyl (C=O) groups is 2. The van der Waals surface area contributed by atoms with Gasteiger partial charge < -0.3 is 0 Å². The fourth-order valence-corrected chi connectivity index (χ4v) is 2.82. The Hall–Kier alpha value is -1.35. The predicted octanol–water partition coefficient (Wildman–Crippen LogP) is 3.58. The number of carbonyl (C=O) groups excluding carboxylic acids is 2. The van der Waals surface area contributed by atoms with Crippen molar-refractivity contribution in [2.45, 2.75) is 26.2 Å². The van der Waals surface area contributed by atoms with Crippen LogP contribution in [0.15, 0.2) is 35.2 Å². The maximum atomic E-state index is 12.1. The van der Waals surface area contributed by atoms with E-state index in [2.05, 4.69) is 0 Å². The fourth-order valence-electron chi connectivity index (χ4n) is 1.88. The molecule has 0 fully saturated rings. The summed E-state index contributed by atoms with van der Waals surface area (Å²) in [7, 11) is 0. The molecule has 94 valence electrons. The minimum Gasteiger partial charge on any atom is -0.299 e. The van der Waals surface area contributed by atoms with Crippen molar-refractivity contribution in [2.75, 3.05) is 5.75 Å². The van der Waals surface area contributed by atoms with Gasteiger partial charge >= 0.3 is 0 Å². The molecule has 1 aliphatic rings. The van der Waals surface area contributed by atoms with E-state index in [1.807, 2.05) is 37.3 Å². The van der Waals surface area contributed by atoms with E-state index in [1.165, 1.54) is 0 Å². The third-order valence-electron chi connectivity index (χ3n) is 3.21.